The van der Waals surface area contributed by atoms with Crippen LogP contribution in [0.25, 0.3) is 0 Å². The molecule has 2 N–H and O–H groups in total. The van der Waals surface area contributed by atoms with E-state index in [0.717, 1.165) is 22.8 Å². The molecule has 0 bridgehead atoms. The van der Waals surface area contributed by atoms with Crippen LogP contribution < -0.4 is 5.73 Å². The Morgan fingerprint density at radius 2 is 2.11 bits per heavy atom. The highest BCUT2D eigenvalue weighted by Gasteiger charge is 2.23. The van der Waals surface area contributed by atoms with E-state index in [2.05, 4.69) is 0 Å². The zero-order valence-corrected chi connectivity index (χ0v) is 11.9. The van der Waals surface area contributed by atoms with Gasteiger partial charge in [0.1, 0.15) is 17.3 Å². The Morgan fingerprint density at radius 1 is 1.32 bits per heavy atom. The molecule has 2 aromatic rings. The van der Waals surface area contributed by atoms with Crippen LogP contribution in [0.1, 0.15) is 30.1 Å². The minimum atomic E-state index is -0.232. The fourth-order valence-electron chi connectivity index (χ4n) is 1.86. The second-order valence-corrected chi connectivity index (χ2v) is 5.73. The van der Waals surface area contributed by atoms with Gasteiger partial charge in [-0.05, 0) is 43.7 Å². The number of hydrogen-bond acceptors (Lipinski definition) is 3. The van der Waals surface area contributed by atoms with Crippen LogP contribution in [0.2, 0.25) is 0 Å². The maximum atomic E-state index is 13.2. The number of hydrogen-bond donors (Lipinski definition) is 1. The molecule has 2 nitrogen and oxygen atoms in total. The van der Waals surface area contributed by atoms with Crippen LogP contribution in [0.15, 0.2) is 45.7 Å². The van der Waals surface area contributed by atoms with Crippen molar-refractivity contribution in [2.24, 2.45) is 5.73 Å². The Hall–Kier alpha value is -1.26. The normalized spacial score (nSPS) is 14.3. The molecular weight excluding hydrogens is 261 g/mol. The third-order valence-electron chi connectivity index (χ3n) is 2.96. The molecule has 1 heterocycles. The highest BCUT2D eigenvalue weighted by atomic mass is 32.2. The molecule has 0 aliphatic heterocycles. The van der Waals surface area contributed by atoms with Gasteiger partial charge in [0.15, 0.2) is 0 Å². The second kappa shape index (κ2) is 6.26. The smallest absolute Gasteiger partial charge is 0.124 e. The Morgan fingerprint density at radius 3 is 2.68 bits per heavy atom. The van der Waals surface area contributed by atoms with Gasteiger partial charge in [-0.2, -0.15) is 0 Å². The molecule has 0 aliphatic carbocycles. The molecule has 0 saturated heterocycles. The number of nitrogens with two attached hydrogens (primary N) is 1. The average molecular weight is 279 g/mol. The van der Waals surface area contributed by atoms with Crippen LogP contribution >= 0.6 is 11.8 Å². The van der Waals surface area contributed by atoms with Crippen molar-refractivity contribution in [3.8, 4) is 0 Å². The number of thioether (sulfide) groups is 1. The van der Waals surface area contributed by atoms with E-state index in [4.69, 9.17) is 10.2 Å². The molecule has 0 spiro atoms. The van der Waals surface area contributed by atoms with E-state index >= 15 is 0 Å². The summed E-state index contributed by atoms with van der Waals surface area (Å²) >= 11 is 1.54. The van der Waals surface area contributed by atoms with Gasteiger partial charge in [0.2, 0.25) is 0 Å². The molecule has 1 aromatic carbocycles. The second-order valence-electron chi connectivity index (χ2n) is 4.52. The molecule has 0 fully saturated rings. The summed E-state index contributed by atoms with van der Waals surface area (Å²) in [5, 5.41) is 0.000463. The van der Waals surface area contributed by atoms with Crippen molar-refractivity contribution in [2.45, 2.75) is 36.5 Å². The molecule has 1 aromatic heterocycles. The fraction of sp³-hybridized carbons (Fsp3) is 0.333. The number of benzene rings is 1. The van der Waals surface area contributed by atoms with Gasteiger partial charge in [0.25, 0.3) is 0 Å². The summed E-state index contributed by atoms with van der Waals surface area (Å²) in [5.41, 5.74) is 6.17. The number of rotatable bonds is 5. The predicted molar refractivity (Wildman–Crippen MR) is 76.7 cm³/mol. The van der Waals surface area contributed by atoms with E-state index in [9.17, 15) is 4.39 Å². The van der Waals surface area contributed by atoms with Gasteiger partial charge in [0, 0.05) is 10.9 Å². The summed E-state index contributed by atoms with van der Waals surface area (Å²) in [5.74, 6) is 1.48. The quantitative estimate of drug-likeness (QED) is 0.829. The van der Waals surface area contributed by atoms with Crippen molar-refractivity contribution in [3.05, 3.63) is 53.7 Å². The van der Waals surface area contributed by atoms with Gasteiger partial charge in [-0.15, -0.1) is 11.8 Å². The molecule has 19 heavy (non-hydrogen) atoms. The van der Waals surface area contributed by atoms with Crippen molar-refractivity contribution in [1.29, 1.82) is 0 Å². The highest BCUT2D eigenvalue weighted by molar-refractivity contribution is 7.99. The molecule has 102 valence electrons. The van der Waals surface area contributed by atoms with E-state index in [0.29, 0.717) is 0 Å². The summed E-state index contributed by atoms with van der Waals surface area (Å²) in [7, 11) is 0. The van der Waals surface area contributed by atoms with Gasteiger partial charge in [-0.3, -0.25) is 0 Å². The Kier molecular flexibility index (Phi) is 4.66. The first-order valence-electron chi connectivity index (χ1n) is 6.34. The van der Waals surface area contributed by atoms with E-state index in [-0.39, 0.29) is 17.1 Å². The number of aryl methyl sites for hydroxylation is 1. The Bertz CT molecular complexity index is 540. The van der Waals surface area contributed by atoms with E-state index < -0.39 is 0 Å². The van der Waals surface area contributed by atoms with Crippen LogP contribution in [-0.2, 0) is 0 Å². The van der Waals surface area contributed by atoms with Gasteiger partial charge in [0.05, 0.1) is 5.25 Å². The summed E-state index contributed by atoms with van der Waals surface area (Å²) < 4.78 is 18.9. The minimum Gasteiger partial charge on any atom is -0.465 e. The zero-order valence-electron chi connectivity index (χ0n) is 11.1. The molecule has 0 amide bonds. The molecule has 2 atom stereocenters. The molecule has 4 heteroatoms. The third kappa shape index (κ3) is 3.61. The lowest BCUT2D eigenvalue weighted by Gasteiger charge is -2.20. The molecule has 0 aliphatic rings. The third-order valence-corrected chi connectivity index (χ3v) is 4.32. The molecule has 2 unspecified atom stereocenters. The summed E-state index contributed by atoms with van der Waals surface area (Å²) in [6, 6.07) is 10.4. The maximum absolute atomic E-state index is 13.2. The van der Waals surface area contributed by atoms with E-state index in [1.54, 1.807) is 17.8 Å². The summed E-state index contributed by atoms with van der Waals surface area (Å²) in [4.78, 5) is 0.864. The van der Waals surface area contributed by atoms with Crippen molar-refractivity contribution in [2.75, 3.05) is 0 Å². The summed E-state index contributed by atoms with van der Waals surface area (Å²) in [6.07, 6.45) is 0.840. The highest BCUT2D eigenvalue weighted by Crippen LogP contribution is 2.38. The first kappa shape index (κ1) is 14.2. The van der Waals surface area contributed by atoms with Crippen LogP contribution in [0.3, 0.4) is 0 Å². The van der Waals surface area contributed by atoms with Gasteiger partial charge >= 0.3 is 0 Å². The topological polar surface area (TPSA) is 39.2 Å². The number of halogens is 1. The maximum Gasteiger partial charge on any atom is 0.124 e. The van der Waals surface area contributed by atoms with Crippen molar-refractivity contribution < 1.29 is 8.81 Å². The average Bonchev–Trinajstić information content (AvgIpc) is 2.81. The van der Waals surface area contributed by atoms with Crippen LogP contribution in [0, 0.1) is 12.7 Å². The molecule has 2 rings (SSSR count). The minimum absolute atomic E-state index is 0.000463. The first-order chi connectivity index (χ1) is 9.10. The van der Waals surface area contributed by atoms with Crippen LogP contribution in [0.4, 0.5) is 4.39 Å². The van der Waals surface area contributed by atoms with Crippen molar-refractivity contribution >= 4 is 11.8 Å². The van der Waals surface area contributed by atoms with Crippen molar-refractivity contribution in [3.63, 3.8) is 0 Å². The van der Waals surface area contributed by atoms with Crippen LogP contribution in [-0.4, -0.2) is 6.04 Å². The van der Waals surface area contributed by atoms with Crippen LogP contribution in [0.5, 0.6) is 0 Å². The van der Waals surface area contributed by atoms with Gasteiger partial charge < -0.3 is 10.2 Å². The fourth-order valence-corrected chi connectivity index (χ4v) is 3.10. The zero-order chi connectivity index (χ0) is 13.8. The monoisotopic (exact) mass is 279 g/mol. The first-order valence-corrected chi connectivity index (χ1v) is 7.22. The van der Waals surface area contributed by atoms with Crippen molar-refractivity contribution in [1.82, 2.24) is 0 Å². The van der Waals surface area contributed by atoms with Gasteiger partial charge in [-0.1, -0.05) is 13.0 Å². The lowest BCUT2D eigenvalue weighted by Crippen LogP contribution is -2.25. The lowest BCUT2D eigenvalue weighted by atomic mass is 10.1. The molecular formula is C15H18FNOS. The lowest BCUT2D eigenvalue weighted by molar-refractivity contribution is 0.454. The largest absolute Gasteiger partial charge is 0.465 e. The van der Waals surface area contributed by atoms with Gasteiger partial charge in [-0.25, -0.2) is 4.39 Å². The Balaban J connectivity index is 2.24. The standard InChI is InChI=1S/C15H18FNOS/c1-3-13(17)15(14-8-7-10(2)18-14)19-12-6-4-5-11(16)9-12/h4-9,13,15H,3,17H2,1-2H3. The number of furan rings is 1. The SMILES string of the molecule is CCC(N)C(Sc1cccc(F)c1)c1ccc(C)o1. The van der Waals surface area contributed by atoms with E-state index in [1.807, 2.05) is 32.0 Å². The summed E-state index contributed by atoms with van der Waals surface area (Å²) in [6.45, 7) is 3.95. The predicted octanol–water partition coefficient (Wildman–Crippen LogP) is 4.30. The molecule has 0 saturated carbocycles. The molecule has 0 radical (unpaired) electrons. The Labute approximate surface area is 117 Å². The van der Waals surface area contributed by atoms with E-state index in [1.165, 1.54) is 12.1 Å².